The highest BCUT2D eigenvalue weighted by Gasteiger charge is 2.41. The van der Waals surface area contributed by atoms with Gasteiger partial charge in [-0.05, 0) is 36.5 Å². The van der Waals surface area contributed by atoms with E-state index in [0.717, 1.165) is 25.9 Å². The zero-order valence-corrected chi connectivity index (χ0v) is 15.0. The first-order valence-corrected chi connectivity index (χ1v) is 8.67. The van der Waals surface area contributed by atoms with E-state index in [1.165, 1.54) is 5.06 Å². The Balaban J connectivity index is 1.56. The van der Waals surface area contributed by atoms with Gasteiger partial charge in [0.15, 0.2) is 6.23 Å². The fourth-order valence-electron chi connectivity index (χ4n) is 3.39. The van der Waals surface area contributed by atoms with Crippen molar-refractivity contribution in [3.05, 3.63) is 40.9 Å². The minimum absolute atomic E-state index is 0.227. The number of nitrogens with zero attached hydrogens (tertiary/aromatic N) is 2. The van der Waals surface area contributed by atoms with Gasteiger partial charge in [0.2, 0.25) is 0 Å². The van der Waals surface area contributed by atoms with Crippen molar-refractivity contribution in [2.45, 2.75) is 19.1 Å². The lowest BCUT2D eigenvalue weighted by Crippen LogP contribution is -2.54. The molecule has 0 saturated carbocycles. The molecule has 0 aliphatic carbocycles. The summed E-state index contributed by atoms with van der Waals surface area (Å²) in [6.07, 6.45) is 2.99. The first kappa shape index (κ1) is 17.4. The van der Waals surface area contributed by atoms with Gasteiger partial charge in [0.05, 0.1) is 15.7 Å². The summed E-state index contributed by atoms with van der Waals surface area (Å²) < 4.78 is 5.49. The van der Waals surface area contributed by atoms with E-state index >= 15 is 0 Å². The molecule has 0 spiro atoms. The molecule has 0 amide bonds. The Morgan fingerprint density at radius 1 is 1.42 bits per heavy atom. The molecule has 130 valence electrons. The van der Waals surface area contributed by atoms with Gasteiger partial charge in [0.25, 0.3) is 0 Å². The largest absolute Gasteiger partial charge is 0.535 e. The summed E-state index contributed by atoms with van der Waals surface area (Å²) in [7, 11) is 1.61. The number of anilines is 1. The lowest BCUT2D eigenvalue weighted by molar-refractivity contribution is -0.115. The molecule has 1 aromatic carbocycles. The molecule has 5 nitrogen and oxygen atoms in total. The number of hydroxylamine groups is 1. The Labute approximate surface area is 151 Å². The minimum Gasteiger partial charge on any atom is -0.413 e. The second-order valence-electron chi connectivity index (χ2n) is 6.19. The van der Waals surface area contributed by atoms with E-state index in [9.17, 15) is 4.79 Å². The van der Waals surface area contributed by atoms with E-state index < -0.39 is 6.16 Å². The van der Waals surface area contributed by atoms with Crippen LogP contribution in [0.25, 0.3) is 0 Å². The van der Waals surface area contributed by atoms with Gasteiger partial charge in [-0.3, -0.25) is 4.90 Å². The molecule has 4 rings (SSSR count). The van der Waals surface area contributed by atoms with Crippen molar-refractivity contribution in [3.63, 3.8) is 0 Å². The van der Waals surface area contributed by atoms with Crippen LogP contribution in [0.2, 0.25) is 10.0 Å². The normalized spacial score (nSPS) is 28.3. The number of rotatable bonds is 4. The van der Waals surface area contributed by atoms with E-state index in [4.69, 9.17) is 32.8 Å². The van der Waals surface area contributed by atoms with Crippen LogP contribution in [0.4, 0.5) is 10.5 Å². The number of hydrogen-bond donors (Lipinski definition) is 0. The van der Waals surface area contributed by atoms with Gasteiger partial charge < -0.3 is 9.57 Å². The molecule has 1 unspecified atom stereocenters. The highest BCUT2D eigenvalue weighted by molar-refractivity contribution is 6.42. The maximum Gasteiger partial charge on any atom is 0.535 e. The highest BCUT2D eigenvalue weighted by Crippen LogP contribution is 2.37. The zero-order chi connectivity index (χ0) is 17.3. The van der Waals surface area contributed by atoms with Crippen molar-refractivity contribution in [1.29, 1.82) is 0 Å². The molecular formula is C17H20Cl2N2O3. The number of fused-ring (bicyclic) bond motifs is 3. The average molecular weight is 371 g/mol. The molecule has 4 atom stereocenters. The number of benzene rings is 1. The number of piperidine rings is 3. The predicted molar refractivity (Wildman–Crippen MR) is 94.2 cm³/mol. The third-order valence-electron chi connectivity index (χ3n) is 4.76. The summed E-state index contributed by atoms with van der Waals surface area (Å²) >= 11 is 11.9. The van der Waals surface area contributed by atoms with Crippen LogP contribution in [0.15, 0.2) is 30.9 Å². The number of ether oxygens (including phenoxy) is 1. The second kappa shape index (κ2) is 7.21. The summed E-state index contributed by atoms with van der Waals surface area (Å²) in [4.78, 5) is 19.5. The van der Waals surface area contributed by atoms with Crippen molar-refractivity contribution < 1.29 is 14.4 Å². The van der Waals surface area contributed by atoms with Gasteiger partial charge >= 0.3 is 6.16 Å². The van der Waals surface area contributed by atoms with Crippen LogP contribution in [-0.2, 0) is 9.57 Å². The Hall–Kier alpha value is -1.43. The van der Waals surface area contributed by atoms with Crippen molar-refractivity contribution in [2.75, 3.05) is 25.2 Å². The van der Waals surface area contributed by atoms with Gasteiger partial charge in [-0.2, -0.15) is 0 Å². The van der Waals surface area contributed by atoms with E-state index in [-0.39, 0.29) is 6.23 Å². The van der Waals surface area contributed by atoms with E-state index in [1.54, 1.807) is 25.2 Å². The van der Waals surface area contributed by atoms with Gasteiger partial charge in [0.1, 0.15) is 0 Å². The molecule has 3 fully saturated rings. The summed E-state index contributed by atoms with van der Waals surface area (Å²) in [6.45, 7) is 5.71. The Morgan fingerprint density at radius 3 is 2.83 bits per heavy atom. The predicted octanol–water partition coefficient (Wildman–Crippen LogP) is 4.35. The van der Waals surface area contributed by atoms with Gasteiger partial charge in [-0.25, -0.2) is 9.86 Å². The summed E-state index contributed by atoms with van der Waals surface area (Å²) in [6, 6.07) is 4.98. The molecule has 7 heteroatoms. The fourth-order valence-corrected chi connectivity index (χ4v) is 3.68. The summed E-state index contributed by atoms with van der Waals surface area (Å²) in [5.74, 6) is 1.01. The molecule has 0 aromatic heterocycles. The van der Waals surface area contributed by atoms with Crippen molar-refractivity contribution in [3.8, 4) is 0 Å². The van der Waals surface area contributed by atoms with E-state index in [0.29, 0.717) is 27.6 Å². The molecule has 0 radical (unpaired) electrons. The van der Waals surface area contributed by atoms with Crippen LogP contribution in [0.3, 0.4) is 0 Å². The number of carbonyl (C=O) groups excluding carboxylic acids is 1. The molecule has 3 aliphatic heterocycles. The fraction of sp³-hybridized carbons (Fsp3) is 0.471. The third kappa shape index (κ3) is 3.63. The highest BCUT2D eigenvalue weighted by atomic mass is 35.5. The molecule has 24 heavy (non-hydrogen) atoms. The SMILES string of the molecule is C=C[C@H]1CN2CC[C@H]1C[C@@H]2OC(=O)ON(C)c1ccc(Cl)c(Cl)c1. The standard InChI is InChI=1S/C17H20Cl2N2O3/c1-3-11-10-21-7-6-12(11)8-16(21)23-17(22)24-20(2)13-4-5-14(18)15(19)9-13/h3-5,9,11-12,16H,1,6-8,10H2,2H3/t11-,12-,16-/m0/s1. The minimum atomic E-state index is -0.726. The topological polar surface area (TPSA) is 42.0 Å². The van der Waals surface area contributed by atoms with E-state index in [1.807, 2.05) is 6.08 Å². The quantitative estimate of drug-likeness (QED) is 0.447. The molecule has 3 aliphatic rings. The molecular weight excluding hydrogens is 351 g/mol. The van der Waals surface area contributed by atoms with Crippen LogP contribution in [0.5, 0.6) is 0 Å². The molecule has 0 N–H and O–H groups in total. The smallest absolute Gasteiger partial charge is 0.413 e. The Bertz CT molecular complexity index is 640. The Morgan fingerprint density at radius 2 is 2.21 bits per heavy atom. The monoisotopic (exact) mass is 370 g/mol. The third-order valence-corrected chi connectivity index (χ3v) is 5.50. The van der Waals surface area contributed by atoms with Gasteiger partial charge in [0, 0.05) is 26.6 Å². The summed E-state index contributed by atoms with van der Waals surface area (Å²) in [5, 5.41) is 2.15. The molecule has 3 saturated heterocycles. The first-order valence-electron chi connectivity index (χ1n) is 7.92. The first-order chi connectivity index (χ1) is 11.5. The van der Waals surface area contributed by atoms with Gasteiger partial charge in [-0.15, -0.1) is 6.58 Å². The lowest BCUT2D eigenvalue weighted by Gasteiger charge is -2.47. The van der Waals surface area contributed by atoms with Crippen molar-refractivity contribution in [2.24, 2.45) is 11.8 Å². The summed E-state index contributed by atoms with van der Waals surface area (Å²) in [5.41, 5.74) is 0.610. The maximum absolute atomic E-state index is 12.1. The molecule has 1 aromatic rings. The van der Waals surface area contributed by atoms with Crippen LogP contribution in [-0.4, -0.2) is 37.4 Å². The average Bonchev–Trinajstić information content (AvgIpc) is 2.57. The number of halogens is 2. The van der Waals surface area contributed by atoms with Crippen LogP contribution < -0.4 is 5.06 Å². The molecule has 3 heterocycles. The van der Waals surface area contributed by atoms with E-state index in [2.05, 4.69) is 11.5 Å². The van der Waals surface area contributed by atoms with Crippen molar-refractivity contribution in [1.82, 2.24) is 4.90 Å². The lowest BCUT2D eigenvalue weighted by atomic mass is 9.78. The van der Waals surface area contributed by atoms with Crippen LogP contribution >= 0.6 is 23.2 Å². The maximum atomic E-state index is 12.1. The van der Waals surface area contributed by atoms with Crippen LogP contribution in [0.1, 0.15) is 12.8 Å². The van der Waals surface area contributed by atoms with Crippen LogP contribution in [0, 0.1) is 11.8 Å². The number of hydrogen-bond acceptors (Lipinski definition) is 5. The number of carbonyl (C=O) groups is 1. The molecule has 2 bridgehead atoms. The van der Waals surface area contributed by atoms with Crippen molar-refractivity contribution >= 4 is 35.0 Å². The zero-order valence-electron chi connectivity index (χ0n) is 13.5. The Kier molecular flexibility index (Phi) is 5.23. The second-order valence-corrected chi connectivity index (χ2v) is 7.00. The van der Waals surface area contributed by atoms with Gasteiger partial charge in [-0.1, -0.05) is 29.3 Å².